The molecule has 0 saturated carbocycles. The molecule has 1 N–H and O–H groups in total. The number of nitrogens with zero attached hydrogens (tertiary/aromatic N) is 3. The summed E-state index contributed by atoms with van der Waals surface area (Å²) in [5.74, 6) is 0.205. The highest BCUT2D eigenvalue weighted by atomic mass is 19.1. The molecule has 2 amide bonds. The number of hydrogen-bond acceptors (Lipinski definition) is 4. The number of hydrogen-bond donors (Lipinski definition) is 1. The van der Waals surface area contributed by atoms with Crippen molar-refractivity contribution in [2.75, 3.05) is 19.7 Å². The minimum Gasteiger partial charge on any atom is -0.493 e. The van der Waals surface area contributed by atoms with E-state index in [1.165, 1.54) is 12.4 Å². The Labute approximate surface area is 192 Å². The van der Waals surface area contributed by atoms with Gasteiger partial charge in [-0.05, 0) is 42.7 Å². The van der Waals surface area contributed by atoms with E-state index >= 15 is 0 Å². The minimum atomic E-state index is -0.372. The molecule has 3 aromatic rings. The second-order valence-electron chi connectivity index (χ2n) is 8.04. The summed E-state index contributed by atoms with van der Waals surface area (Å²) in [6.45, 7) is 1.70. The van der Waals surface area contributed by atoms with Crippen molar-refractivity contribution in [3.05, 3.63) is 78.6 Å². The van der Waals surface area contributed by atoms with E-state index in [-0.39, 0.29) is 30.1 Å². The first kappa shape index (κ1) is 22.5. The fraction of sp³-hybridized carbons (Fsp3) is 0.320. The molecule has 7 nitrogen and oxygen atoms in total. The van der Waals surface area contributed by atoms with Crippen molar-refractivity contribution in [1.82, 2.24) is 19.8 Å². The smallest absolute Gasteiger partial charge is 0.225 e. The van der Waals surface area contributed by atoms with Gasteiger partial charge in [-0.2, -0.15) is 0 Å². The number of amides is 2. The van der Waals surface area contributed by atoms with Crippen LogP contribution in [0.4, 0.5) is 4.39 Å². The monoisotopic (exact) mass is 450 g/mol. The van der Waals surface area contributed by atoms with Gasteiger partial charge < -0.3 is 19.5 Å². The lowest BCUT2D eigenvalue weighted by Crippen LogP contribution is -2.43. The van der Waals surface area contributed by atoms with Crippen LogP contribution in [0.3, 0.4) is 0 Å². The maximum absolute atomic E-state index is 14.4. The number of imidazole rings is 1. The molecular formula is C25H27FN4O3. The fourth-order valence-corrected chi connectivity index (χ4v) is 3.93. The standard InChI is InChI=1S/C25H27FN4O3/c26-22-16-19(6-7-23(22)30-14-11-27-18-30)17-28-25(32)20-8-12-29(13-9-20)24(31)10-15-33-21-4-2-1-3-5-21/h1-7,11,14,16,18,20H,8-10,12-13,15,17H2,(H,28,32). The summed E-state index contributed by atoms with van der Waals surface area (Å²) in [5, 5.41) is 2.90. The van der Waals surface area contributed by atoms with Gasteiger partial charge in [0, 0.05) is 37.9 Å². The largest absolute Gasteiger partial charge is 0.493 e. The third-order valence-corrected chi connectivity index (χ3v) is 5.81. The third kappa shape index (κ3) is 5.97. The number of rotatable bonds is 8. The molecule has 0 bridgehead atoms. The Kier molecular flexibility index (Phi) is 7.34. The Bertz CT molecular complexity index is 1060. The molecule has 0 atom stereocenters. The Hall–Kier alpha value is -3.68. The van der Waals surface area contributed by atoms with Gasteiger partial charge in [0.1, 0.15) is 11.6 Å². The van der Waals surface area contributed by atoms with E-state index in [1.54, 1.807) is 34.0 Å². The average molecular weight is 451 g/mol. The van der Waals surface area contributed by atoms with Crippen LogP contribution >= 0.6 is 0 Å². The quantitative estimate of drug-likeness (QED) is 0.571. The van der Waals surface area contributed by atoms with Gasteiger partial charge >= 0.3 is 0 Å². The molecule has 8 heteroatoms. The molecule has 172 valence electrons. The topological polar surface area (TPSA) is 76.5 Å². The SMILES string of the molecule is O=C(NCc1ccc(-n2ccnc2)c(F)c1)C1CCN(C(=O)CCOc2ccccc2)CC1. The van der Waals surface area contributed by atoms with Crippen LogP contribution in [0, 0.1) is 11.7 Å². The third-order valence-electron chi connectivity index (χ3n) is 5.81. The first-order valence-corrected chi connectivity index (χ1v) is 11.1. The van der Waals surface area contributed by atoms with Crippen molar-refractivity contribution in [2.24, 2.45) is 5.92 Å². The molecule has 0 radical (unpaired) electrons. The lowest BCUT2D eigenvalue weighted by atomic mass is 9.95. The molecule has 1 aromatic heterocycles. The summed E-state index contributed by atoms with van der Waals surface area (Å²) in [6, 6.07) is 14.3. The van der Waals surface area contributed by atoms with Gasteiger partial charge in [-0.1, -0.05) is 24.3 Å². The Balaban J connectivity index is 1.18. The molecule has 0 spiro atoms. The second-order valence-corrected chi connectivity index (χ2v) is 8.04. The molecule has 1 aliphatic rings. The van der Waals surface area contributed by atoms with Gasteiger partial charge in [-0.15, -0.1) is 0 Å². The van der Waals surface area contributed by atoms with Gasteiger partial charge in [0.25, 0.3) is 0 Å². The van der Waals surface area contributed by atoms with Crippen LogP contribution in [-0.4, -0.2) is 46.0 Å². The number of carbonyl (C=O) groups excluding carboxylic acids is 2. The molecular weight excluding hydrogens is 423 g/mol. The predicted molar refractivity (Wildman–Crippen MR) is 121 cm³/mol. The first-order valence-electron chi connectivity index (χ1n) is 11.1. The number of piperidine rings is 1. The number of benzene rings is 2. The van der Waals surface area contributed by atoms with Crippen molar-refractivity contribution in [3.8, 4) is 11.4 Å². The van der Waals surface area contributed by atoms with Gasteiger partial charge in [0.15, 0.2) is 0 Å². The zero-order chi connectivity index (χ0) is 23.0. The fourth-order valence-electron chi connectivity index (χ4n) is 3.93. The van der Waals surface area contributed by atoms with Crippen LogP contribution < -0.4 is 10.1 Å². The highest BCUT2D eigenvalue weighted by Gasteiger charge is 2.27. The van der Waals surface area contributed by atoms with Crippen LogP contribution in [-0.2, 0) is 16.1 Å². The summed E-state index contributed by atoms with van der Waals surface area (Å²) < 4.78 is 21.6. The van der Waals surface area contributed by atoms with Crippen LogP contribution in [0.25, 0.3) is 5.69 Å². The van der Waals surface area contributed by atoms with Crippen molar-refractivity contribution in [2.45, 2.75) is 25.8 Å². The van der Waals surface area contributed by atoms with Crippen molar-refractivity contribution in [1.29, 1.82) is 0 Å². The number of likely N-dealkylation sites (tertiary alicyclic amines) is 1. The lowest BCUT2D eigenvalue weighted by molar-refractivity contribution is -0.136. The second kappa shape index (κ2) is 10.8. The number of aromatic nitrogens is 2. The van der Waals surface area contributed by atoms with E-state index in [0.717, 1.165) is 5.75 Å². The normalized spacial score (nSPS) is 14.2. The summed E-state index contributed by atoms with van der Waals surface area (Å²) in [4.78, 5) is 30.7. The van der Waals surface area contributed by atoms with Crippen LogP contribution in [0.1, 0.15) is 24.8 Å². The Morgan fingerprint density at radius 2 is 1.91 bits per heavy atom. The molecule has 4 rings (SSSR count). The lowest BCUT2D eigenvalue weighted by Gasteiger charge is -2.31. The molecule has 0 aliphatic carbocycles. The van der Waals surface area contributed by atoms with E-state index in [0.29, 0.717) is 50.2 Å². The number of halogens is 1. The van der Waals surface area contributed by atoms with Gasteiger partial charge in [0.2, 0.25) is 11.8 Å². The number of para-hydroxylation sites is 1. The zero-order valence-electron chi connectivity index (χ0n) is 18.3. The highest BCUT2D eigenvalue weighted by Crippen LogP contribution is 2.19. The van der Waals surface area contributed by atoms with Crippen LogP contribution in [0.15, 0.2) is 67.3 Å². The maximum Gasteiger partial charge on any atom is 0.225 e. The summed E-state index contributed by atoms with van der Waals surface area (Å²) in [7, 11) is 0. The van der Waals surface area contributed by atoms with Crippen molar-refractivity contribution >= 4 is 11.8 Å². The zero-order valence-corrected chi connectivity index (χ0v) is 18.3. The van der Waals surface area contributed by atoms with Crippen LogP contribution in [0.2, 0.25) is 0 Å². The van der Waals surface area contributed by atoms with Gasteiger partial charge in [0.05, 0.1) is 25.0 Å². The van der Waals surface area contributed by atoms with E-state index < -0.39 is 0 Å². The molecule has 33 heavy (non-hydrogen) atoms. The predicted octanol–water partition coefficient (Wildman–Crippen LogP) is 3.34. The Morgan fingerprint density at radius 3 is 2.61 bits per heavy atom. The van der Waals surface area contributed by atoms with Crippen LogP contribution in [0.5, 0.6) is 5.75 Å². The number of ether oxygens (including phenoxy) is 1. The molecule has 0 unspecified atom stereocenters. The minimum absolute atomic E-state index is 0.0400. The summed E-state index contributed by atoms with van der Waals surface area (Å²) in [6.07, 6.45) is 6.34. The van der Waals surface area contributed by atoms with Crippen molar-refractivity contribution < 1.29 is 18.7 Å². The molecule has 1 saturated heterocycles. The summed E-state index contributed by atoms with van der Waals surface area (Å²) in [5.41, 5.74) is 1.10. The van der Waals surface area contributed by atoms with Gasteiger partial charge in [-0.25, -0.2) is 9.37 Å². The average Bonchev–Trinajstić information content (AvgIpc) is 3.38. The van der Waals surface area contributed by atoms with Crippen molar-refractivity contribution in [3.63, 3.8) is 0 Å². The first-order chi connectivity index (χ1) is 16.1. The van der Waals surface area contributed by atoms with Gasteiger partial charge in [-0.3, -0.25) is 9.59 Å². The van der Waals surface area contributed by atoms with E-state index in [1.807, 2.05) is 30.3 Å². The van der Waals surface area contributed by atoms with E-state index in [4.69, 9.17) is 4.74 Å². The number of carbonyl (C=O) groups is 2. The molecule has 1 fully saturated rings. The number of nitrogens with one attached hydrogen (secondary N) is 1. The molecule has 1 aliphatic heterocycles. The van der Waals surface area contributed by atoms with E-state index in [2.05, 4.69) is 10.3 Å². The maximum atomic E-state index is 14.4. The highest BCUT2D eigenvalue weighted by molar-refractivity contribution is 5.80. The molecule has 2 heterocycles. The van der Waals surface area contributed by atoms with E-state index in [9.17, 15) is 14.0 Å². The summed E-state index contributed by atoms with van der Waals surface area (Å²) >= 11 is 0. The molecule has 2 aromatic carbocycles. The Morgan fingerprint density at radius 1 is 1.12 bits per heavy atom.